The van der Waals surface area contributed by atoms with Gasteiger partial charge in [-0.05, 0) is 13.0 Å². The molecule has 7 heteroatoms. The minimum Gasteiger partial charge on any atom is -0.396 e. The van der Waals surface area contributed by atoms with Gasteiger partial charge < -0.3 is 10.6 Å². The van der Waals surface area contributed by atoms with Crippen LogP contribution in [0.25, 0.3) is 0 Å². The largest absolute Gasteiger partial charge is 0.396 e. The first-order valence-corrected chi connectivity index (χ1v) is 7.58. The molecule has 1 fully saturated rings. The van der Waals surface area contributed by atoms with Crippen molar-refractivity contribution in [2.75, 3.05) is 36.9 Å². The van der Waals surface area contributed by atoms with Crippen molar-refractivity contribution < 1.29 is 8.42 Å². The Morgan fingerprint density at radius 1 is 1.29 bits per heavy atom. The minimum atomic E-state index is -2.82. The van der Waals surface area contributed by atoms with Crippen LogP contribution in [-0.4, -0.2) is 54.2 Å². The lowest BCUT2D eigenvalue weighted by Gasteiger charge is -2.18. The third-order valence-corrected chi connectivity index (χ3v) is 4.66. The maximum Gasteiger partial charge on any atom is 0.151 e. The maximum absolute atomic E-state index is 11.4. The molecule has 2 N–H and O–H groups in total. The number of nitrogens with zero attached hydrogens (tertiary/aromatic N) is 3. The van der Waals surface area contributed by atoms with Crippen molar-refractivity contribution in [2.45, 2.75) is 13.0 Å². The van der Waals surface area contributed by atoms with Crippen LogP contribution in [0, 0.1) is 0 Å². The lowest BCUT2D eigenvalue weighted by Crippen LogP contribution is -2.30. The van der Waals surface area contributed by atoms with Crippen molar-refractivity contribution in [2.24, 2.45) is 0 Å². The predicted octanol–water partition coefficient (Wildman–Crippen LogP) is -0.414. The quantitative estimate of drug-likeness (QED) is 0.797. The lowest BCUT2D eigenvalue weighted by molar-refractivity contribution is 0.278. The van der Waals surface area contributed by atoms with E-state index in [2.05, 4.69) is 10.00 Å². The maximum atomic E-state index is 11.4. The summed E-state index contributed by atoms with van der Waals surface area (Å²) >= 11 is 0. The summed E-state index contributed by atoms with van der Waals surface area (Å²) in [7, 11) is -2.82. The van der Waals surface area contributed by atoms with Gasteiger partial charge in [0.25, 0.3) is 0 Å². The van der Waals surface area contributed by atoms with Gasteiger partial charge in [0.05, 0.1) is 29.9 Å². The molecule has 0 spiro atoms. The summed E-state index contributed by atoms with van der Waals surface area (Å²) in [4.78, 5) is 2.17. The van der Waals surface area contributed by atoms with E-state index in [1.165, 1.54) is 0 Å². The number of nitrogens with two attached hydrogens (primary N) is 1. The minimum absolute atomic E-state index is 0.272. The molecule has 1 aliphatic heterocycles. The first kappa shape index (κ1) is 12.4. The van der Waals surface area contributed by atoms with Gasteiger partial charge in [-0.2, -0.15) is 5.10 Å². The summed E-state index contributed by atoms with van der Waals surface area (Å²) in [5.74, 6) is 0.590. The summed E-state index contributed by atoms with van der Waals surface area (Å²) in [6.45, 7) is 3.03. The Bertz CT molecular complexity index is 468. The fourth-order valence-electron chi connectivity index (χ4n) is 1.96. The topological polar surface area (TPSA) is 81.2 Å². The second-order valence-electron chi connectivity index (χ2n) is 4.38. The van der Waals surface area contributed by atoms with Gasteiger partial charge in [-0.3, -0.25) is 4.68 Å². The molecule has 0 radical (unpaired) electrons. The summed E-state index contributed by atoms with van der Waals surface area (Å²) in [5.41, 5.74) is 6.23. The van der Waals surface area contributed by atoms with E-state index in [4.69, 9.17) is 5.73 Å². The Morgan fingerprint density at radius 2 is 2.12 bits per heavy atom. The zero-order valence-corrected chi connectivity index (χ0v) is 10.6. The summed E-state index contributed by atoms with van der Waals surface area (Å²) in [5, 5.41) is 4.10. The molecule has 17 heavy (non-hydrogen) atoms. The highest BCUT2D eigenvalue weighted by atomic mass is 32.2. The summed E-state index contributed by atoms with van der Waals surface area (Å²) in [6.07, 6.45) is 4.13. The average molecular weight is 258 g/mol. The predicted molar refractivity (Wildman–Crippen MR) is 66.4 cm³/mol. The van der Waals surface area contributed by atoms with Crippen LogP contribution >= 0.6 is 0 Å². The average Bonchev–Trinajstić information content (AvgIpc) is 2.59. The smallest absolute Gasteiger partial charge is 0.151 e. The number of hydrogen-bond donors (Lipinski definition) is 1. The third kappa shape index (κ3) is 3.71. The highest BCUT2D eigenvalue weighted by molar-refractivity contribution is 7.91. The van der Waals surface area contributed by atoms with E-state index in [0.717, 1.165) is 26.1 Å². The van der Waals surface area contributed by atoms with E-state index in [9.17, 15) is 8.42 Å². The molecule has 0 aliphatic carbocycles. The van der Waals surface area contributed by atoms with E-state index >= 15 is 0 Å². The standard InChI is InChI=1S/C10H18N4O2S/c11-10-8-12-14(9-10)4-3-13-2-1-6-17(15,16)7-5-13/h8-9H,1-7,11H2. The normalized spacial score (nSPS) is 21.2. The molecule has 1 aliphatic rings. The molecule has 1 aromatic rings. The monoisotopic (exact) mass is 258 g/mol. The van der Waals surface area contributed by atoms with Crippen LogP contribution in [0.4, 0.5) is 5.69 Å². The van der Waals surface area contributed by atoms with Gasteiger partial charge in [0.1, 0.15) is 0 Å². The summed E-state index contributed by atoms with van der Waals surface area (Å²) in [6, 6.07) is 0. The van der Waals surface area contributed by atoms with Crippen molar-refractivity contribution in [3.63, 3.8) is 0 Å². The highest BCUT2D eigenvalue weighted by Gasteiger charge is 2.18. The van der Waals surface area contributed by atoms with E-state index in [1.54, 1.807) is 17.1 Å². The van der Waals surface area contributed by atoms with Gasteiger partial charge in [0, 0.05) is 19.3 Å². The molecule has 0 unspecified atom stereocenters. The van der Waals surface area contributed by atoms with Gasteiger partial charge in [-0.15, -0.1) is 0 Å². The highest BCUT2D eigenvalue weighted by Crippen LogP contribution is 2.05. The molecule has 2 rings (SSSR count). The van der Waals surface area contributed by atoms with Gasteiger partial charge in [0.2, 0.25) is 0 Å². The molecular formula is C10H18N4O2S. The van der Waals surface area contributed by atoms with E-state index in [1.807, 2.05) is 0 Å². The van der Waals surface area contributed by atoms with Crippen molar-refractivity contribution >= 4 is 15.5 Å². The Hall–Kier alpha value is -1.08. The number of aromatic nitrogens is 2. The van der Waals surface area contributed by atoms with Gasteiger partial charge in [0.15, 0.2) is 9.84 Å². The molecule has 6 nitrogen and oxygen atoms in total. The Balaban J connectivity index is 1.83. The van der Waals surface area contributed by atoms with Gasteiger partial charge in [-0.1, -0.05) is 0 Å². The Morgan fingerprint density at radius 3 is 2.82 bits per heavy atom. The molecule has 0 atom stereocenters. The molecular weight excluding hydrogens is 240 g/mol. The first-order chi connectivity index (χ1) is 8.05. The molecule has 0 bridgehead atoms. The molecule has 0 amide bonds. The van der Waals surface area contributed by atoms with Gasteiger partial charge in [-0.25, -0.2) is 8.42 Å². The van der Waals surface area contributed by atoms with Crippen LogP contribution in [0.15, 0.2) is 12.4 Å². The first-order valence-electron chi connectivity index (χ1n) is 5.76. The second-order valence-corrected chi connectivity index (χ2v) is 6.69. The molecule has 1 aromatic heterocycles. The molecule has 1 saturated heterocycles. The molecule has 0 aromatic carbocycles. The van der Waals surface area contributed by atoms with Crippen LogP contribution in [-0.2, 0) is 16.4 Å². The third-order valence-electron chi connectivity index (χ3n) is 2.95. The lowest BCUT2D eigenvalue weighted by atomic mass is 10.4. The fraction of sp³-hybridized carbons (Fsp3) is 0.700. The Labute approximate surface area is 101 Å². The Kier molecular flexibility index (Phi) is 3.68. The van der Waals surface area contributed by atoms with Crippen LogP contribution in [0.3, 0.4) is 0 Å². The van der Waals surface area contributed by atoms with Crippen molar-refractivity contribution in [3.05, 3.63) is 12.4 Å². The van der Waals surface area contributed by atoms with Crippen molar-refractivity contribution in [1.29, 1.82) is 0 Å². The van der Waals surface area contributed by atoms with E-state index in [-0.39, 0.29) is 5.75 Å². The van der Waals surface area contributed by atoms with Gasteiger partial charge >= 0.3 is 0 Å². The second kappa shape index (κ2) is 5.05. The number of nitrogen functional groups attached to an aromatic ring is 1. The number of anilines is 1. The van der Waals surface area contributed by atoms with Crippen LogP contribution in [0.5, 0.6) is 0 Å². The fourth-order valence-corrected chi connectivity index (χ4v) is 3.27. The zero-order valence-electron chi connectivity index (χ0n) is 9.75. The van der Waals surface area contributed by atoms with E-state index in [0.29, 0.717) is 18.0 Å². The zero-order chi connectivity index (χ0) is 12.3. The molecule has 96 valence electrons. The van der Waals surface area contributed by atoms with Crippen LogP contribution in [0.1, 0.15) is 6.42 Å². The molecule has 0 saturated carbocycles. The van der Waals surface area contributed by atoms with E-state index < -0.39 is 9.84 Å². The SMILES string of the molecule is Nc1cnn(CCN2CCCS(=O)(=O)CC2)c1. The summed E-state index contributed by atoms with van der Waals surface area (Å²) < 4.78 is 24.7. The molecule has 2 heterocycles. The number of hydrogen-bond acceptors (Lipinski definition) is 5. The number of sulfone groups is 1. The van der Waals surface area contributed by atoms with Crippen molar-refractivity contribution in [1.82, 2.24) is 14.7 Å². The van der Waals surface area contributed by atoms with Crippen LogP contribution < -0.4 is 5.73 Å². The number of rotatable bonds is 3. The van der Waals surface area contributed by atoms with Crippen LogP contribution in [0.2, 0.25) is 0 Å². The van der Waals surface area contributed by atoms with Crippen molar-refractivity contribution in [3.8, 4) is 0 Å².